The third-order valence-corrected chi connectivity index (χ3v) is 6.06. The number of aliphatic carboxylic acids is 1. The number of hydrogen-bond acceptors (Lipinski definition) is 5. The first-order valence-corrected chi connectivity index (χ1v) is 11.3. The van der Waals surface area contributed by atoms with Gasteiger partial charge in [-0.2, -0.15) is 0 Å². The van der Waals surface area contributed by atoms with Crippen molar-refractivity contribution in [1.29, 1.82) is 0 Å². The average molecular weight is 475 g/mol. The molecule has 0 fully saturated rings. The van der Waals surface area contributed by atoms with Crippen molar-refractivity contribution in [2.75, 3.05) is 6.61 Å². The molecule has 0 saturated heterocycles. The van der Waals surface area contributed by atoms with Gasteiger partial charge in [0.15, 0.2) is 0 Å². The highest BCUT2D eigenvalue weighted by atomic mass is 16.5. The molecule has 8 heteroatoms. The lowest BCUT2D eigenvalue weighted by molar-refractivity contribution is -0.142. The zero-order valence-electron chi connectivity index (χ0n) is 19.1. The number of amides is 2. The summed E-state index contributed by atoms with van der Waals surface area (Å²) in [5, 5.41) is 23.8. The van der Waals surface area contributed by atoms with Gasteiger partial charge in [0, 0.05) is 12.3 Å². The Labute approximate surface area is 202 Å². The van der Waals surface area contributed by atoms with Gasteiger partial charge in [0.1, 0.15) is 24.4 Å². The number of carbonyl (C=O) groups excluding carboxylic acids is 2. The van der Waals surface area contributed by atoms with Gasteiger partial charge in [-0.1, -0.05) is 60.7 Å². The number of rotatable bonds is 8. The highest BCUT2D eigenvalue weighted by Gasteiger charge is 2.30. The first-order chi connectivity index (χ1) is 16.8. The summed E-state index contributed by atoms with van der Waals surface area (Å²) in [6.45, 7) is 1.56. The number of aromatic hydroxyl groups is 1. The second kappa shape index (κ2) is 10.3. The topological polar surface area (TPSA) is 125 Å². The molecular weight excluding hydrogens is 448 g/mol. The van der Waals surface area contributed by atoms with Gasteiger partial charge in [-0.15, -0.1) is 0 Å². The van der Waals surface area contributed by atoms with E-state index in [0.29, 0.717) is 5.56 Å². The Balaban J connectivity index is 1.33. The molecule has 4 N–H and O–H groups in total. The number of hydrogen-bond donors (Lipinski definition) is 4. The zero-order valence-corrected chi connectivity index (χ0v) is 19.1. The fourth-order valence-electron chi connectivity index (χ4n) is 4.25. The summed E-state index contributed by atoms with van der Waals surface area (Å²) in [4.78, 5) is 36.6. The van der Waals surface area contributed by atoms with E-state index in [2.05, 4.69) is 10.6 Å². The number of ether oxygens (including phenoxy) is 1. The molecule has 0 spiro atoms. The van der Waals surface area contributed by atoms with Crippen LogP contribution in [0.1, 0.15) is 29.5 Å². The Morgan fingerprint density at radius 1 is 0.886 bits per heavy atom. The van der Waals surface area contributed by atoms with Crippen LogP contribution in [0.4, 0.5) is 4.79 Å². The number of fused-ring (bicyclic) bond motifs is 3. The minimum absolute atomic E-state index is 0.0268. The van der Waals surface area contributed by atoms with Crippen molar-refractivity contribution >= 4 is 18.0 Å². The van der Waals surface area contributed by atoms with Crippen molar-refractivity contribution in [3.8, 4) is 16.9 Å². The van der Waals surface area contributed by atoms with Gasteiger partial charge in [0.05, 0.1) is 0 Å². The molecule has 8 nitrogen and oxygen atoms in total. The van der Waals surface area contributed by atoms with Crippen LogP contribution < -0.4 is 10.6 Å². The lowest BCUT2D eigenvalue weighted by atomic mass is 9.98. The monoisotopic (exact) mass is 474 g/mol. The van der Waals surface area contributed by atoms with E-state index in [1.807, 2.05) is 48.5 Å². The molecule has 0 aromatic heterocycles. The Kier molecular flexibility index (Phi) is 7.01. The summed E-state index contributed by atoms with van der Waals surface area (Å²) >= 11 is 0. The molecule has 1 unspecified atom stereocenters. The minimum atomic E-state index is -1.21. The van der Waals surface area contributed by atoms with E-state index < -0.39 is 30.1 Å². The first kappa shape index (κ1) is 23.8. The van der Waals surface area contributed by atoms with E-state index in [1.54, 1.807) is 12.1 Å². The number of phenols is 1. The van der Waals surface area contributed by atoms with Gasteiger partial charge in [0.2, 0.25) is 5.91 Å². The zero-order chi connectivity index (χ0) is 24.9. The molecule has 3 aromatic rings. The number of phenolic OH excluding ortho intramolecular Hbond substituents is 1. The SMILES string of the molecule is C[C@H](NC(=O)OCC1c2ccccc2-c2ccccc21)C(=O)NC(Cc1ccc(O)cc1)C(=O)O. The van der Waals surface area contributed by atoms with Gasteiger partial charge in [-0.05, 0) is 46.9 Å². The van der Waals surface area contributed by atoms with Gasteiger partial charge >= 0.3 is 12.1 Å². The standard InChI is InChI=1S/C27H26N2O6/c1-16(25(31)29-24(26(32)33)14-17-10-12-18(30)13-11-17)28-27(34)35-15-23-21-8-4-2-6-19(21)20-7-3-5-9-22(20)23/h2-13,16,23-24,30H,14-15H2,1H3,(H,28,34)(H,29,31)(H,32,33)/t16-,24?/m0/s1. The second-order valence-corrected chi connectivity index (χ2v) is 8.46. The van der Waals surface area contributed by atoms with Gasteiger partial charge in [0.25, 0.3) is 0 Å². The van der Waals surface area contributed by atoms with E-state index in [9.17, 15) is 24.6 Å². The van der Waals surface area contributed by atoms with Crippen LogP contribution in [-0.2, 0) is 20.7 Å². The molecule has 2 amide bonds. The normalized spacial score (nSPS) is 13.7. The number of nitrogens with one attached hydrogen (secondary N) is 2. The van der Waals surface area contributed by atoms with Crippen LogP contribution in [0.5, 0.6) is 5.75 Å². The third kappa shape index (κ3) is 5.43. The Hall–Kier alpha value is -4.33. The molecule has 0 aliphatic heterocycles. The Morgan fingerprint density at radius 3 is 2.03 bits per heavy atom. The van der Waals surface area contributed by atoms with Crippen LogP contribution in [0, 0.1) is 0 Å². The van der Waals surface area contributed by atoms with E-state index >= 15 is 0 Å². The molecule has 35 heavy (non-hydrogen) atoms. The van der Waals surface area contributed by atoms with E-state index in [-0.39, 0.29) is 24.7 Å². The lowest BCUT2D eigenvalue weighted by Gasteiger charge is -2.19. The van der Waals surface area contributed by atoms with Crippen molar-refractivity contribution in [2.45, 2.75) is 31.3 Å². The fraction of sp³-hybridized carbons (Fsp3) is 0.222. The molecule has 2 atom stereocenters. The highest BCUT2D eigenvalue weighted by Crippen LogP contribution is 2.44. The summed E-state index contributed by atoms with van der Waals surface area (Å²) < 4.78 is 5.45. The molecule has 0 saturated carbocycles. The maximum atomic E-state index is 12.5. The molecule has 0 radical (unpaired) electrons. The van der Waals surface area contributed by atoms with Crippen LogP contribution >= 0.6 is 0 Å². The van der Waals surface area contributed by atoms with Crippen LogP contribution in [-0.4, -0.2) is 46.9 Å². The maximum Gasteiger partial charge on any atom is 0.407 e. The summed E-state index contributed by atoms with van der Waals surface area (Å²) in [7, 11) is 0. The van der Waals surface area contributed by atoms with E-state index in [1.165, 1.54) is 19.1 Å². The number of carboxylic acids is 1. The molecule has 1 aliphatic carbocycles. The molecule has 1 aliphatic rings. The van der Waals surface area contributed by atoms with E-state index in [0.717, 1.165) is 22.3 Å². The smallest absolute Gasteiger partial charge is 0.407 e. The van der Waals surface area contributed by atoms with Crippen molar-refractivity contribution in [3.63, 3.8) is 0 Å². The summed E-state index contributed by atoms with van der Waals surface area (Å²) in [5.74, 6) is -1.91. The Morgan fingerprint density at radius 2 is 1.46 bits per heavy atom. The predicted molar refractivity (Wildman–Crippen MR) is 129 cm³/mol. The maximum absolute atomic E-state index is 12.5. The number of alkyl carbamates (subject to hydrolysis) is 1. The summed E-state index contributed by atoms with van der Waals surface area (Å²) in [5.41, 5.74) is 5.00. The number of carboxylic acid groups (broad SMARTS) is 1. The van der Waals surface area contributed by atoms with Crippen LogP contribution in [0.2, 0.25) is 0 Å². The predicted octanol–water partition coefficient (Wildman–Crippen LogP) is 3.43. The quantitative estimate of drug-likeness (QED) is 0.396. The van der Waals surface area contributed by atoms with Crippen molar-refractivity contribution in [2.24, 2.45) is 0 Å². The lowest BCUT2D eigenvalue weighted by Crippen LogP contribution is -2.51. The van der Waals surface area contributed by atoms with Crippen LogP contribution in [0.25, 0.3) is 11.1 Å². The van der Waals surface area contributed by atoms with Gasteiger partial charge in [-0.3, -0.25) is 4.79 Å². The summed E-state index contributed by atoms with van der Waals surface area (Å²) in [6, 6.07) is 19.8. The second-order valence-electron chi connectivity index (χ2n) is 8.46. The fourth-order valence-corrected chi connectivity index (χ4v) is 4.25. The van der Waals surface area contributed by atoms with Gasteiger partial charge in [-0.25, -0.2) is 9.59 Å². The number of carbonyl (C=O) groups is 3. The Bertz CT molecular complexity index is 1190. The number of benzene rings is 3. The molecule has 0 bridgehead atoms. The van der Waals surface area contributed by atoms with Crippen LogP contribution in [0.15, 0.2) is 72.8 Å². The first-order valence-electron chi connectivity index (χ1n) is 11.3. The third-order valence-electron chi connectivity index (χ3n) is 6.06. The van der Waals surface area contributed by atoms with Gasteiger partial charge < -0.3 is 25.6 Å². The molecule has 0 heterocycles. The summed E-state index contributed by atoms with van der Waals surface area (Å²) in [6.07, 6.45) is -0.737. The van der Waals surface area contributed by atoms with Crippen molar-refractivity contribution in [3.05, 3.63) is 89.5 Å². The van der Waals surface area contributed by atoms with Crippen LogP contribution in [0.3, 0.4) is 0 Å². The molecule has 180 valence electrons. The average Bonchev–Trinajstić information content (AvgIpc) is 3.17. The highest BCUT2D eigenvalue weighted by molar-refractivity contribution is 5.89. The minimum Gasteiger partial charge on any atom is -0.508 e. The molecule has 4 rings (SSSR count). The van der Waals surface area contributed by atoms with E-state index in [4.69, 9.17) is 4.74 Å². The largest absolute Gasteiger partial charge is 0.508 e. The molecular formula is C27H26N2O6. The molecule has 3 aromatic carbocycles. The van der Waals surface area contributed by atoms with Crippen molar-refractivity contribution < 1.29 is 29.3 Å². The van der Waals surface area contributed by atoms with Crippen molar-refractivity contribution in [1.82, 2.24) is 10.6 Å².